The van der Waals surface area contributed by atoms with Gasteiger partial charge in [0.05, 0.1) is 0 Å². The lowest BCUT2D eigenvalue weighted by Gasteiger charge is -2.10. The first-order chi connectivity index (χ1) is 8.16. The maximum Gasteiger partial charge on any atom is 0.108 e. The first-order valence-corrected chi connectivity index (χ1v) is 6.01. The van der Waals surface area contributed by atoms with Crippen molar-refractivity contribution in [1.29, 1.82) is 0 Å². The predicted molar refractivity (Wildman–Crippen MR) is 69.8 cm³/mol. The minimum atomic E-state index is 0.00219. The van der Waals surface area contributed by atoms with Crippen molar-refractivity contribution in [3.8, 4) is 0 Å². The summed E-state index contributed by atoms with van der Waals surface area (Å²) >= 11 is 0. The van der Waals surface area contributed by atoms with Crippen LogP contribution in [0.2, 0.25) is 0 Å². The van der Waals surface area contributed by atoms with Gasteiger partial charge in [0, 0.05) is 24.4 Å². The molecule has 17 heavy (non-hydrogen) atoms. The highest BCUT2D eigenvalue weighted by Crippen LogP contribution is 2.16. The number of hydrogen-bond donors (Lipinski definition) is 2. The predicted octanol–water partition coefficient (Wildman–Crippen LogP) is 2.78. The highest BCUT2D eigenvalue weighted by atomic mass is 14.9. The molecule has 1 atom stereocenters. The number of nitrogens with two attached hydrogens (primary N) is 1. The van der Waals surface area contributed by atoms with Gasteiger partial charge in [0.25, 0.3) is 0 Å². The van der Waals surface area contributed by atoms with Gasteiger partial charge in [0.15, 0.2) is 0 Å². The SMILES string of the molecule is CC(C)c1cnc(CC(N)c2ccccc2)[nH]1. The highest BCUT2D eigenvalue weighted by Gasteiger charge is 2.10. The molecule has 0 fully saturated rings. The van der Waals surface area contributed by atoms with Crippen LogP contribution in [0.5, 0.6) is 0 Å². The van der Waals surface area contributed by atoms with Gasteiger partial charge in [-0.2, -0.15) is 0 Å². The van der Waals surface area contributed by atoms with Crippen LogP contribution in [0, 0.1) is 0 Å². The zero-order valence-corrected chi connectivity index (χ0v) is 10.4. The fourth-order valence-electron chi connectivity index (χ4n) is 1.80. The number of H-pyrrole nitrogens is 1. The van der Waals surface area contributed by atoms with Gasteiger partial charge in [-0.1, -0.05) is 44.2 Å². The summed E-state index contributed by atoms with van der Waals surface area (Å²) in [5.41, 5.74) is 8.47. The third kappa shape index (κ3) is 2.94. The molecule has 0 aliphatic rings. The smallest absolute Gasteiger partial charge is 0.108 e. The van der Waals surface area contributed by atoms with Gasteiger partial charge in [-0.05, 0) is 11.5 Å². The molecule has 1 unspecified atom stereocenters. The van der Waals surface area contributed by atoms with Gasteiger partial charge in [0.1, 0.15) is 5.82 Å². The van der Waals surface area contributed by atoms with Gasteiger partial charge < -0.3 is 10.7 Å². The standard InChI is InChI=1S/C14H19N3/c1-10(2)13-9-16-14(17-13)8-12(15)11-6-4-3-5-7-11/h3-7,9-10,12H,8,15H2,1-2H3,(H,16,17). The quantitative estimate of drug-likeness (QED) is 0.847. The van der Waals surface area contributed by atoms with E-state index in [1.807, 2.05) is 24.4 Å². The molecule has 0 saturated carbocycles. The summed E-state index contributed by atoms with van der Waals surface area (Å²) in [7, 11) is 0. The van der Waals surface area contributed by atoms with Crippen molar-refractivity contribution in [2.75, 3.05) is 0 Å². The molecule has 0 radical (unpaired) electrons. The maximum absolute atomic E-state index is 6.15. The molecule has 2 aromatic rings. The van der Waals surface area contributed by atoms with Crippen molar-refractivity contribution in [2.24, 2.45) is 5.73 Å². The van der Waals surface area contributed by atoms with Crippen LogP contribution in [0.25, 0.3) is 0 Å². The Labute approximate surface area is 102 Å². The summed E-state index contributed by atoms with van der Waals surface area (Å²) in [4.78, 5) is 7.69. The van der Waals surface area contributed by atoms with Crippen molar-refractivity contribution in [1.82, 2.24) is 9.97 Å². The monoisotopic (exact) mass is 229 g/mol. The zero-order chi connectivity index (χ0) is 12.3. The number of hydrogen-bond acceptors (Lipinski definition) is 2. The Hall–Kier alpha value is -1.61. The largest absolute Gasteiger partial charge is 0.346 e. The Bertz CT molecular complexity index is 459. The van der Waals surface area contributed by atoms with Crippen LogP contribution in [0.3, 0.4) is 0 Å². The van der Waals surface area contributed by atoms with E-state index in [4.69, 9.17) is 5.73 Å². The fraction of sp³-hybridized carbons (Fsp3) is 0.357. The Morgan fingerprint density at radius 1 is 1.24 bits per heavy atom. The molecule has 0 saturated heterocycles. The number of imidazole rings is 1. The number of rotatable bonds is 4. The Kier molecular flexibility index (Phi) is 3.59. The van der Waals surface area contributed by atoms with Crippen LogP contribution in [0.4, 0.5) is 0 Å². The minimum absolute atomic E-state index is 0.00219. The molecule has 1 heterocycles. The fourth-order valence-corrected chi connectivity index (χ4v) is 1.80. The van der Waals surface area contributed by atoms with E-state index in [1.54, 1.807) is 0 Å². The molecule has 0 bridgehead atoms. The number of benzene rings is 1. The second-order valence-electron chi connectivity index (χ2n) is 4.66. The van der Waals surface area contributed by atoms with Crippen molar-refractivity contribution in [2.45, 2.75) is 32.2 Å². The lowest BCUT2D eigenvalue weighted by Crippen LogP contribution is -2.14. The summed E-state index contributed by atoms with van der Waals surface area (Å²) in [5.74, 6) is 1.44. The molecule has 1 aromatic carbocycles. The molecule has 0 aliphatic carbocycles. The average molecular weight is 229 g/mol. The van der Waals surface area contributed by atoms with Crippen LogP contribution < -0.4 is 5.73 Å². The van der Waals surface area contributed by atoms with Crippen LogP contribution in [0.1, 0.15) is 42.9 Å². The highest BCUT2D eigenvalue weighted by molar-refractivity contribution is 5.20. The molecule has 3 heteroatoms. The summed E-state index contributed by atoms with van der Waals surface area (Å²) in [6.45, 7) is 4.29. The molecular weight excluding hydrogens is 210 g/mol. The van der Waals surface area contributed by atoms with E-state index in [2.05, 4.69) is 35.9 Å². The van der Waals surface area contributed by atoms with Crippen LogP contribution in [-0.2, 0) is 6.42 Å². The molecule has 3 nitrogen and oxygen atoms in total. The van der Waals surface area contributed by atoms with Gasteiger partial charge >= 0.3 is 0 Å². The van der Waals surface area contributed by atoms with Crippen LogP contribution >= 0.6 is 0 Å². The summed E-state index contributed by atoms with van der Waals surface area (Å²) in [6, 6.07) is 10.1. The van der Waals surface area contributed by atoms with Crippen molar-refractivity contribution in [3.05, 3.63) is 53.6 Å². The summed E-state index contributed by atoms with van der Waals surface area (Å²) < 4.78 is 0. The van der Waals surface area contributed by atoms with E-state index in [-0.39, 0.29) is 6.04 Å². The van der Waals surface area contributed by atoms with E-state index in [0.29, 0.717) is 5.92 Å². The Balaban J connectivity index is 2.05. The second kappa shape index (κ2) is 5.15. The van der Waals surface area contributed by atoms with Gasteiger partial charge in [-0.25, -0.2) is 4.98 Å². The molecule has 90 valence electrons. The first-order valence-electron chi connectivity index (χ1n) is 6.01. The lowest BCUT2D eigenvalue weighted by molar-refractivity contribution is 0.690. The lowest BCUT2D eigenvalue weighted by atomic mass is 10.0. The molecule has 3 N–H and O–H groups in total. The first kappa shape index (κ1) is 11.9. The maximum atomic E-state index is 6.15. The van der Waals surface area contributed by atoms with Crippen molar-refractivity contribution in [3.63, 3.8) is 0 Å². The van der Waals surface area contributed by atoms with E-state index >= 15 is 0 Å². The van der Waals surface area contributed by atoms with E-state index in [9.17, 15) is 0 Å². The van der Waals surface area contributed by atoms with Gasteiger partial charge in [-0.3, -0.25) is 0 Å². The van der Waals surface area contributed by atoms with E-state index < -0.39 is 0 Å². The molecule has 0 amide bonds. The van der Waals surface area contributed by atoms with Crippen LogP contribution in [-0.4, -0.2) is 9.97 Å². The Morgan fingerprint density at radius 3 is 2.53 bits per heavy atom. The second-order valence-corrected chi connectivity index (χ2v) is 4.66. The third-order valence-electron chi connectivity index (χ3n) is 2.91. The van der Waals surface area contributed by atoms with Gasteiger partial charge in [-0.15, -0.1) is 0 Å². The minimum Gasteiger partial charge on any atom is -0.346 e. The van der Waals surface area contributed by atoms with Crippen LogP contribution in [0.15, 0.2) is 36.5 Å². The summed E-state index contributed by atoms with van der Waals surface area (Å²) in [5, 5.41) is 0. The normalized spacial score (nSPS) is 12.9. The summed E-state index contributed by atoms with van der Waals surface area (Å²) in [6.07, 6.45) is 2.65. The molecule has 1 aromatic heterocycles. The average Bonchev–Trinajstić information content (AvgIpc) is 2.79. The van der Waals surface area contributed by atoms with Crippen molar-refractivity contribution >= 4 is 0 Å². The topological polar surface area (TPSA) is 54.7 Å². The number of nitrogens with zero attached hydrogens (tertiary/aromatic N) is 1. The zero-order valence-electron chi connectivity index (χ0n) is 10.4. The van der Waals surface area contributed by atoms with Gasteiger partial charge in [0.2, 0.25) is 0 Å². The number of aromatic nitrogens is 2. The Morgan fingerprint density at radius 2 is 1.94 bits per heavy atom. The number of aromatic amines is 1. The van der Waals surface area contributed by atoms with E-state index in [0.717, 1.165) is 17.8 Å². The third-order valence-corrected chi connectivity index (χ3v) is 2.91. The van der Waals surface area contributed by atoms with Crippen molar-refractivity contribution < 1.29 is 0 Å². The van der Waals surface area contributed by atoms with E-state index in [1.165, 1.54) is 5.69 Å². The molecular formula is C14H19N3. The molecule has 2 rings (SSSR count). The molecule has 0 spiro atoms. The molecule has 0 aliphatic heterocycles. The number of nitrogens with one attached hydrogen (secondary N) is 1.